The number of hydrogen-bond donors (Lipinski definition) is 1. The van der Waals surface area contributed by atoms with Crippen LogP contribution >= 0.6 is 23.2 Å². The third kappa shape index (κ3) is 2.89. The Balaban J connectivity index is 2.43. The molecule has 0 saturated carbocycles. The Hall–Kier alpha value is -1.32. The Kier molecular flexibility index (Phi) is 4.51. The predicted octanol–water partition coefficient (Wildman–Crippen LogP) is 3.95. The van der Waals surface area contributed by atoms with Gasteiger partial charge in [-0.1, -0.05) is 24.3 Å². The summed E-state index contributed by atoms with van der Waals surface area (Å²) in [5.41, 5.74) is -0.293. The summed E-state index contributed by atoms with van der Waals surface area (Å²) in [6.45, 7) is 1.76. The summed E-state index contributed by atoms with van der Waals surface area (Å²) < 4.78 is 13.7. The molecule has 0 radical (unpaired) electrons. The van der Waals surface area contributed by atoms with Crippen molar-refractivity contribution in [2.75, 3.05) is 11.8 Å². The highest BCUT2D eigenvalue weighted by Gasteiger charge is 2.25. The summed E-state index contributed by atoms with van der Waals surface area (Å²) in [5.74, 6) is -0.275. The lowest BCUT2D eigenvalue weighted by Gasteiger charge is -2.26. The van der Waals surface area contributed by atoms with Crippen LogP contribution in [0.4, 0.5) is 4.39 Å². The first-order valence-electron chi connectivity index (χ1n) is 6.12. The van der Waals surface area contributed by atoms with Crippen molar-refractivity contribution in [1.82, 2.24) is 5.32 Å². The number of nitrogens with one attached hydrogen (secondary N) is 1. The molecule has 0 heterocycles. The maximum Gasteiger partial charge on any atom is 0.252 e. The van der Waals surface area contributed by atoms with E-state index in [1.165, 1.54) is 12.1 Å². The first kappa shape index (κ1) is 15.1. The molecular weight excluding hydrogens is 300 g/mol. The number of carbonyl (C=O) groups excluding carboxylic acids is 1. The molecule has 2 nitrogen and oxygen atoms in total. The second-order valence-electron chi connectivity index (χ2n) is 4.92. The van der Waals surface area contributed by atoms with Crippen LogP contribution in [0.5, 0.6) is 0 Å². The third-order valence-corrected chi connectivity index (χ3v) is 4.30. The first-order chi connectivity index (χ1) is 9.50. The molecule has 0 fully saturated rings. The van der Waals surface area contributed by atoms with Crippen LogP contribution in [0.25, 0.3) is 10.8 Å². The van der Waals surface area contributed by atoms with Crippen molar-refractivity contribution in [3.63, 3.8) is 0 Å². The second kappa shape index (κ2) is 5.98. The van der Waals surface area contributed by atoms with Gasteiger partial charge in [-0.2, -0.15) is 0 Å². The van der Waals surface area contributed by atoms with Gasteiger partial charge in [0.2, 0.25) is 0 Å². The molecule has 5 heteroatoms. The summed E-state index contributed by atoms with van der Waals surface area (Å²) in [4.78, 5) is 12.4. The highest BCUT2D eigenvalue weighted by atomic mass is 35.5. The molecule has 0 aromatic heterocycles. The standard InChI is InChI=1S/C15H14Cl2FNO/c1-15(8-16,9-17)19-14(20)12-6-7-13(18)11-5-3-2-4-10(11)12/h2-7H,8-9H2,1H3,(H,19,20). The van der Waals surface area contributed by atoms with Gasteiger partial charge in [-0.25, -0.2) is 4.39 Å². The molecule has 0 bridgehead atoms. The molecular formula is C15H14Cl2FNO. The lowest BCUT2D eigenvalue weighted by atomic mass is 10.0. The zero-order valence-electron chi connectivity index (χ0n) is 10.9. The van der Waals surface area contributed by atoms with Crippen molar-refractivity contribution in [3.05, 3.63) is 47.8 Å². The number of benzene rings is 2. The van der Waals surface area contributed by atoms with Crippen molar-refractivity contribution in [3.8, 4) is 0 Å². The van der Waals surface area contributed by atoms with Gasteiger partial charge in [0.05, 0.1) is 5.54 Å². The van der Waals surface area contributed by atoms with E-state index in [0.717, 1.165) is 0 Å². The quantitative estimate of drug-likeness (QED) is 0.851. The van der Waals surface area contributed by atoms with Gasteiger partial charge < -0.3 is 5.32 Å². The second-order valence-corrected chi connectivity index (χ2v) is 5.46. The average Bonchev–Trinajstić information content (AvgIpc) is 2.47. The van der Waals surface area contributed by atoms with Crippen LogP contribution in [0.3, 0.4) is 0 Å². The van der Waals surface area contributed by atoms with Crippen molar-refractivity contribution >= 4 is 39.9 Å². The Labute approximate surface area is 126 Å². The molecule has 2 aromatic rings. The number of amides is 1. The van der Waals surface area contributed by atoms with Gasteiger partial charge in [0, 0.05) is 22.7 Å². The molecule has 0 aliphatic rings. The monoisotopic (exact) mass is 313 g/mol. The van der Waals surface area contributed by atoms with Crippen molar-refractivity contribution in [2.45, 2.75) is 12.5 Å². The summed E-state index contributed by atoms with van der Waals surface area (Å²) in [7, 11) is 0. The fourth-order valence-electron chi connectivity index (χ4n) is 1.90. The lowest BCUT2D eigenvalue weighted by Crippen LogP contribution is -2.49. The zero-order chi connectivity index (χ0) is 14.8. The maximum absolute atomic E-state index is 13.7. The Morgan fingerprint density at radius 3 is 2.35 bits per heavy atom. The predicted molar refractivity (Wildman–Crippen MR) is 81.2 cm³/mol. The molecule has 1 amide bonds. The van der Waals surface area contributed by atoms with E-state index in [9.17, 15) is 9.18 Å². The highest BCUT2D eigenvalue weighted by Crippen LogP contribution is 2.22. The molecule has 0 spiro atoms. The number of hydrogen-bond acceptors (Lipinski definition) is 1. The summed E-state index contributed by atoms with van der Waals surface area (Å²) in [6.07, 6.45) is 0. The SMILES string of the molecule is CC(CCl)(CCl)NC(=O)c1ccc(F)c2ccccc12. The first-order valence-corrected chi connectivity index (χ1v) is 7.19. The topological polar surface area (TPSA) is 29.1 Å². The molecule has 20 heavy (non-hydrogen) atoms. The summed E-state index contributed by atoms with van der Waals surface area (Å²) >= 11 is 11.6. The number of alkyl halides is 2. The molecule has 1 N–H and O–H groups in total. The van der Waals surface area contributed by atoms with E-state index in [2.05, 4.69) is 5.32 Å². The molecule has 2 aromatic carbocycles. The molecule has 0 aliphatic heterocycles. The molecule has 0 saturated heterocycles. The van der Waals surface area contributed by atoms with Gasteiger partial charge in [0.1, 0.15) is 5.82 Å². The highest BCUT2D eigenvalue weighted by molar-refractivity contribution is 6.22. The minimum absolute atomic E-state index is 0.196. The van der Waals surface area contributed by atoms with E-state index < -0.39 is 5.54 Å². The van der Waals surface area contributed by atoms with Gasteiger partial charge in [-0.3, -0.25) is 4.79 Å². The van der Waals surface area contributed by atoms with Gasteiger partial charge >= 0.3 is 0 Å². The van der Waals surface area contributed by atoms with E-state index >= 15 is 0 Å². The van der Waals surface area contributed by atoms with E-state index in [1.807, 2.05) is 0 Å². The van der Waals surface area contributed by atoms with Crippen LogP contribution in [-0.2, 0) is 0 Å². The molecule has 0 atom stereocenters. The smallest absolute Gasteiger partial charge is 0.252 e. The molecule has 106 valence electrons. The normalized spacial score (nSPS) is 11.6. The molecule has 0 aliphatic carbocycles. The van der Waals surface area contributed by atoms with Crippen molar-refractivity contribution < 1.29 is 9.18 Å². The van der Waals surface area contributed by atoms with Crippen LogP contribution in [-0.4, -0.2) is 23.2 Å². The molecule has 0 unspecified atom stereocenters. The molecule has 2 rings (SSSR count). The Morgan fingerprint density at radius 2 is 1.75 bits per heavy atom. The van der Waals surface area contributed by atoms with E-state index in [0.29, 0.717) is 16.3 Å². The minimum Gasteiger partial charge on any atom is -0.344 e. The number of halogens is 3. The average molecular weight is 314 g/mol. The van der Waals surface area contributed by atoms with Crippen LogP contribution in [0.2, 0.25) is 0 Å². The van der Waals surface area contributed by atoms with Crippen molar-refractivity contribution in [2.24, 2.45) is 0 Å². The minimum atomic E-state index is -0.699. The number of rotatable bonds is 4. The number of fused-ring (bicyclic) bond motifs is 1. The Morgan fingerprint density at radius 1 is 1.15 bits per heavy atom. The summed E-state index contributed by atoms with van der Waals surface area (Å²) in [6, 6.07) is 9.61. The Bertz CT molecular complexity index is 641. The number of carbonyl (C=O) groups is 1. The van der Waals surface area contributed by atoms with Crippen molar-refractivity contribution in [1.29, 1.82) is 0 Å². The van der Waals surface area contributed by atoms with Crippen LogP contribution in [0.1, 0.15) is 17.3 Å². The fraction of sp³-hybridized carbons (Fsp3) is 0.267. The van der Waals surface area contributed by atoms with E-state index in [-0.39, 0.29) is 23.5 Å². The van der Waals surface area contributed by atoms with E-state index in [1.54, 1.807) is 31.2 Å². The summed E-state index contributed by atoms with van der Waals surface area (Å²) in [5, 5.41) is 3.78. The maximum atomic E-state index is 13.7. The third-order valence-electron chi connectivity index (χ3n) is 3.12. The van der Waals surface area contributed by atoms with Gasteiger partial charge in [0.15, 0.2) is 0 Å². The van der Waals surface area contributed by atoms with Crippen LogP contribution in [0, 0.1) is 5.82 Å². The fourth-order valence-corrected chi connectivity index (χ4v) is 2.32. The lowest BCUT2D eigenvalue weighted by molar-refractivity contribution is 0.0923. The zero-order valence-corrected chi connectivity index (χ0v) is 12.4. The van der Waals surface area contributed by atoms with E-state index in [4.69, 9.17) is 23.2 Å². The van der Waals surface area contributed by atoms with Gasteiger partial charge in [0.25, 0.3) is 5.91 Å². The van der Waals surface area contributed by atoms with Gasteiger partial charge in [-0.15, -0.1) is 23.2 Å². The van der Waals surface area contributed by atoms with Gasteiger partial charge in [-0.05, 0) is 24.4 Å². The largest absolute Gasteiger partial charge is 0.344 e. The van der Waals surface area contributed by atoms with Crippen LogP contribution in [0.15, 0.2) is 36.4 Å². The van der Waals surface area contributed by atoms with Crippen LogP contribution < -0.4 is 5.32 Å².